The number of imidazole rings is 1. The zero-order valence-electron chi connectivity index (χ0n) is 13.5. The van der Waals surface area contributed by atoms with Crippen molar-refractivity contribution < 1.29 is 9.18 Å². The van der Waals surface area contributed by atoms with Gasteiger partial charge in [0, 0.05) is 19.2 Å². The highest BCUT2D eigenvalue weighted by molar-refractivity contribution is 7.98. The van der Waals surface area contributed by atoms with Crippen LogP contribution in [0.1, 0.15) is 11.3 Å². The van der Waals surface area contributed by atoms with E-state index in [1.807, 2.05) is 17.9 Å². The fourth-order valence-electron chi connectivity index (χ4n) is 2.24. The number of benzene rings is 1. The van der Waals surface area contributed by atoms with Crippen LogP contribution in [-0.2, 0) is 24.9 Å². The van der Waals surface area contributed by atoms with Crippen LogP contribution < -0.4 is 5.32 Å². The SMILES string of the molecule is CSc1ncc(CNC(=O)CN(C)Cc2ccccc2F)n1C. The number of rotatable bonds is 7. The largest absolute Gasteiger partial charge is 0.349 e. The van der Waals surface area contributed by atoms with E-state index in [1.165, 1.54) is 6.07 Å². The number of carbonyl (C=O) groups excluding carboxylic acids is 1. The predicted octanol–water partition coefficient (Wildman–Crippen LogP) is 2.03. The van der Waals surface area contributed by atoms with Gasteiger partial charge >= 0.3 is 0 Å². The number of thioether (sulfide) groups is 1. The van der Waals surface area contributed by atoms with E-state index in [-0.39, 0.29) is 18.3 Å². The van der Waals surface area contributed by atoms with Gasteiger partial charge in [-0.1, -0.05) is 30.0 Å². The van der Waals surface area contributed by atoms with E-state index in [0.29, 0.717) is 18.7 Å². The molecule has 0 saturated carbocycles. The van der Waals surface area contributed by atoms with Crippen molar-refractivity contribution >= 4 is 17.7 Å². The average molecular weight is 336 g/mol. The Kier molecular flexibility index (Phi) is 6.18. The molecule has 0 unspecified atom stereocenters. The second-order valence-electron chi connectivity index (χ2n) is 5.34. The third kappa shape index (κ3) is 4.80. The Morgan fingerprint density at radius 3 is 2.83 bits per heavy atom. The summed E-state index contributed by atoms with van der Waals surface area (Å²) in [6.07, 6.45) is 3.72. The number of likely N-dealkylation sites (N-methyl/N-ethyl adjacent to an activating group) is 1. The Hall–Kier alpha value is -1.86. The van der Waals surface area contributed by atoms with Gasteiger partial charge in [-0.2, -0.15) is 0 Å². The van der Waals surface area contributed by atoms with Crippen LogP contribution in [0.5, 0.6) is 0 Å². The van der Waals surface area contributed by atoms with Gasteiger partial charge in [-0.3, -0.25) is 9.69 Å². The van der Waals surface area contributed by atoms with Crippen LogP contribution in [-0.4, -0.2) is 40.2 Å². The Bertz CT molecular complexity index is 674. The highest BCUT2D eigenvalue weighted by Gasteiger charge is 2.11. The lowest BCUT2D eigenvalue weighted by atomic mass is 10.2. The van der Waals surface area contributed by atoms with Gasteiger partial charge in [0.2, 0.25) is 5.91 Å². The number of hydrogen-bond acceptors (Lipinski definition) is 4. The molecule has 0 fully saturated rings. The van der Waals surface area contributed by atoms with Crippen molar-refractivity contribution in [3.8, 4) is 0 Å². The third-order valence-corrected chi connectivity index (χ3v) is 4.25. The number of nitrogens with one attached hydrogen (secondary N) is 1. The lowest BCUT2D eigenvalue weighted by molar-refractivity contribution is -0.122. The summed E-state index contributed by atoms with van der Waals surface area (Å²) >= 11 is 1.56. The van der Waals surface area contributed by atoms with E-state index in [2.05, 4.69) is 10.3 Å². The third-order valence-electron chi connectivity index (χ3n) is 3.50. The molecule has 7 heteroatoms. The topological polar surface area (TPSA) is 50.2 Å². The molecular weight excluding hydrogens is 315 g/mol. The molecule has 5 nitrogen and oxygen atoms in total. The van der Waals surface area contributed by atoms with Gasteiger partial charge in [0.05, 0.1) is 25.0 Å². The van der Waals surface area contributed by atoms with Crippen molar-refractivity contribution in [1.82, 2.24) is 19.8 Å². The maximum Gasteiger partial charge on any atom is 0.234 e. The monoisotopic (exact) mass is 336 g/mol. The summed E-state index contributed by atoms with van der Waals surface area (Å²) in [6, 6.07) is 6.60. The second-order valence-corrected chi connectivity index (χ2v) is 6.11. The van der Waals surface area contributed by atoms with Crippen molar-refractivity contribution in [3.05, 3.63) is 47.5 Å². The van der Waals surface area contributed by atoms with Crippen LogP contribution in [0.25, 0.3) is 0 Å². The minimum Gasteiger partial charge on any atom is -0.349 e. The molecule has 0 bridgehead atoms. The highest BCUT2D eigenvalue weighted by Crippen LogP contribution is 2.13. The molecule has 1 N–H and O–H groups in total. The van der Waals surface area contributed by atoms with E-state index < -0.39 is 0 Å². The van der Waals surface area contributed by atoms with Gasteiger partial charge in [0.25, 0.3) is 0 Å². The number of nitrogens with zero attached hydrogens (tertiary/aromatic N) is 3. The first-order valence-corrected chi connectivity index (χ1v) is 8.47. The van der Waals surface area contributed by atoms with Crippen molar-refractivity contribution in [2.45, 2.75) is 18.2 Å². The molecule has 0 atom stereocenters. The van der Waals surface area contributed by atoms with Crippen LogP contribution in [0.4, 0.5) is 4.39 Å². The van der Waals surface area contributed by atoms with Crippen molar-refractivity contribution in [2.24, 2.45) is 7.05 Å². The predicted molar refractivity (Wildman–Crippen MR) is 89.6 cm³/mol. The van der Waals surface area contributed by atoms with Gasteiger partial charge in [0.1, 0.15) is 5.82 Å². The van der Waals surface area contributed by atoms with Gasteiger partial charge in [-0.15, -0.1) is 0 Å². The average Bonchev–Trinajstić information content (AvgIpc) is 2.87. The first-order chi connectivity index (χ1) is 11.0. The van der Waals surface area contributed by atoms with Crippen molar-refractivity contribution in [1.29, 1.82) is 0 Å². The lowest BCUT2D eigenvalue weighted by Gasteiger charge is -2.16. The van der Waals surface area contributed by atoms with E-state index in [4.69, 9.17) is 0 Å². The maximum atomic E-state index is 13.6. The summed E-state index contributed by atoms with van der Waals surface area (Å²) in [7, 11) is 3.71. The minimum atomic E-state index is -0.251. The first-order valence-electron chi connectivity index (χ1n) is 7.24. The van der Waals surface area contributed by atoms with E-state index in [0.717, 1.165) is 10.9 Å². The lowest BCUT2D eigenvalue weighted by Crippen LogP contribution is -2.35. The molecule has 0 radical (unpaired) electrons. The normalized spacial score (nSPS) is 11.0. The number of hydrogen-bond donors (Lipinski definition) is 1. The molecule has 1 amide bonds. The van der Waals surface area contributed by atoms with Crippen molar-refractivity contribution in [3.63, 3.8) is 0 Å². The molecule has 2 aromatic rings. The zero-order valence-corrected chi connectivity index (χ0v) is 14.4. The van der Waals surface area contributed by atoms with Gasteiger partial charge in [-0.05, 0) is 19.4 Å². The van der Waals surface area contributed by atoms with E-state index in [9.17, 15) is 9.18 Å². The molecular formula is C16H21FN4OS. The molecule has 1 aromatic heterocycles. The number of amides is 1. The summed E-state index contributed by atoms with van der Waals surface area (Å²) in [4.78, 5) is 18.1. The molecule has 0 saturated heterocycles. The Morgan fingerprint density at radius 1 is 1.43 bits per heavy atom. The standard InChI is InChI=1S/C16H21FN4OS/c1-20(10-12-6-4-5-7-14(12)17)11-15(22)18-8-13-9-19-16(23-3)21(13)2/h4-7,9H,8,10-11H2,1-3H3,(H,18,22). The summed E-state index contributed by atoms with van der Waals surface area (Å²) in [5.41, 5.74) is 1.53. The zero-order chi connectivity index (χ0) is 16.8. The van der Waals surface area contributed by atoms with Gasteiger partial charge in [-0.25, -0.2) is 9.37 Å². The molecule has 0 aliphatic carbocycles. The summed E-state index contributed by atoms with van der Waals surface area (Å²) in [6.45, 7) is 1.03. The number of aromatic nitrogens is 2. The molecule has 23 heavy (non-hydrogen) atoms. The fourth-order valence-corrected chi connectivity index (χ4v) is 2.79. The quantitative estimate of drug-likeness (QED) is 0.786. The Morgan fingerprint density at radius 2 is 2.17 bits per heavy atom. The minimum absolute atomic E-state index is 0.101. The summed E-state index contributed by atoms with van der Waals surface area (Å²) < 4.78 is 15.6. The molecule has 124 valence electrons. The Balaban J connectivity index is 1.82. The smallest absolute Gasteiger partial charge is 0.234 e. The fraction of sp³-hybridized carbons (Fsp3) is 0.375. The van der Waals surface area contributed by atoms with Crippen LogP contribution in [0.15, 0.2) is 35.6 Å². The van der Waals surface area contributed by atoms with Crippen LogP contribution in [0, 0.1) is 5.82 Å². The van der Waals surface area contributed by atoms with Crippen LogP contribution in [0.3, 0.4) is 0 Å². The highest BCUT2D eigenvalue weighted by atomic mass is 32.2. The molecule has 0 aliphatic heterocycles. The molecule has 2 rings (SSSR count). The Labute approximate surface area is 139 Å². The molecule has 0 aliphatic rings. The molecule has 1 aromatic carbocycles. The number of carbonyl (C=O) groups is 1. The van der Waals surface area contributed by atoms with Gasteiger partial charge < -0.3 is 9.88 Å². The summed E-state index contributed by atoms with van der Waals surface area (Å²) in [5, 5.41) is 3.77. The summed E-state index contributed by atoms with van der Waals surface area (Å²) in [5.74, 6) is -0.352. The first kappa shape index (κ1) is 17.5. The van der Waals surface area contributed by atoms with E-state index in [1.54, 1.807) is 48.1 Å². The molecule has 1 heterocycles. The van der Waals surface area contributed by atoms with Crippen LogP contribution >= 0.6 is 11.8 Å². The van der Waals surface area contributed by atoms with E-state index >= 15 is 0 Å². The van der Waals surface area contributed by atoms with Crippen LogP contribution in [0.2, 0.25) is 0 Å². The molecule has 0 spiro atoms. The second kappa shape index (κ2) is 8.12. The number of halogens is 1. The van der Waals surface area contributed by atoms with Crippen molar-refractivity contribution in [2.75, 3.05) is 19.8 Å². The van der Waals surface area contributed by atoms with Gasteiger partial charge in [0.15, 0.2) is 5.16 Å². The maximum absolute atomic E-state index is 13.6.